The van der Waals surface area contributed by atoms with Gasteiger partial charge in [-0.1, -0.05) is 32.0 Å². The van der Waals surface area contributed by atoms with Crippen molar-refractivity contribution >= 4 is 28.9 Å². The second-order valence-electron chi connectivity index (χ2n) is 5.75. The molecule has 0 aliphatic heterocycles. The summed E-state index contributed by atoms with van der Waals surface area (Å²) in [5.41, 5.74) is 3.37. The highest BCUT2D eigenvalue weighted by Crippen LogP contribution is 2.27. The summed E-state index contributed by atoms with van der Waals surface area (Å²) in [6.45, 7) is 7.75. The van der Waals surface area contributed by atoms with Crippen molar-refractivity contribution in [3.8, 4) is 0 Å². The van der Waals surface area contributed by atoms with Crippen LogP contribution in [0.4, 0.5) is 5.69 Å². The van der Waals surface area contributed by atoms with Gasteiger partial charge in [0.2, 0.25) is 5.91 Å². The van der Waals surface area contributed by atoms with Crippen molar-refractivity contribution in [1.29, 1.82) is 0 Å². The molecule has 0 saturated carbocycles. The van der Waals surface area contributed by atoms with E-state index in [1.54, 1.807) is 6.92 Å². The van der Waals surface area contributed by atoms with E-state index in [0.29, 0.717) is 16.6 Å². The molecule has 2 rings (SSSR count). The highest BCUT2D eigenvalue weighted by atomic mass is 32.1. The Morgan fingerprint density at radius 3 is 2.57 bits per heavy atom. The van der Waals surface area contributed by atoms with Crippen molar-refractivity contribution in [1.82, 2.24) is 4.98 Å². The maximum Gasteiger partial charge on any atom is 0.347 e. The number of aromatic nitrogens is 1. The second-order valence-corrected chi connectivity index (χ2v) is 6.83. The molecular weight excluding hydrogens is 312 g/mol. The molecule has 1 aromatic heterocycles. The van der Waals surface area contributed by atoms with Crippen LogP contribution in [0.5, 0.6) is 0 Å². The van der Waals surface area contributed by atoms with E-state index in [2.05, 4.69) is 24.1 Å². The fraction of sp³-hybridized carbons (Fsp3) is 0.353. The van der Waals surface area contributed by atoms with Crippen LogP contribution in [0.15, 0.2) is 18.2 Å². The third-order valence-corrected chi connectivity index (χ3v) is 4.68. The van der Waals surface area contributed by atoms with Crippen LogP contribution in [0.2, 0.25) is 0 Å². The number of carbonyl (C=O) groups is 2. The maximum atomic E-state index is 12.3. The quantitative estimate of drug-likeness (QED) is 0.873. The van der Waals surface area contributed by atoms with E-state index >= 15 is 0 Å². The highest BCUT2D eigenvalue weighted by Gasteiger charge is 2.17. The molecule has 23 heavy (non-hydrogen) atoms. The van der Waals surface area contributed by atoms with Gasteiger partial charge < -0.3 is 10.4 Å². The Morgan fingerprint density at radius 2 is 2.00 bits per heavy atom. The van der Waals surface area contributed by atoms with Crippen LogP contribution in [0.3, 0.4) is 0 Å². The number of para-hydroxylation sites is 1. The fourth-order valence-corrected chi connectivity index (χ4v) is 3.29. The topological polar surface area (TPSA) is 79.3 Å². The van der Waals surface area contributed by atoms with Crippen LogP contribution in [0, 0.1) is 13.8 Å². The van der Waals surface area contributed by atoms with Gasteiger partial charge in [0.15, 0.2) is 0 Å². The van der Waals surface area contributed by atoms with Gasteiger partial charge in [0.1, 0.15) is 9.88 Å². The van der Waals surface area contributed by atoms with E-state index in [4.69, 9.17) is 5.11 Å². The molecule has 0 radical (unpaired) electrons. The zero-order valence-corrected chi connectivity index (χ0v) is 14.5. The Kier molecular flexibility index (Phi) is 5.15. The monoisotopic (exact) mass is 332 g/mol. The van der Waals surface area contributed by atoms with Crippen molar-refractivity contribution in [2.24, 2.45) is 0 Å². The molecule has 1 amide bonds. The predicted molar refractivity (Wildman–Crippen MR) is 91.4 cm³/mol. The number of nitrogens with zero attached hydrogens (tertiary/aromatic N) is 1. The highest BCUT2D eigenvalue weighted by molar-refractivity contribution is 7.13. The average molecular weight is 332 g/mol. The zero-order chi connectivity index (χ0) is 17.1. The van der Waals surface area contributed by atoms with Crippen LogP contribution in [0.25, 0.3) is 0 Å². The first-order chi connectivity index (χ1) is 10.8. The summed E-state index contributed by atoms with van der Waals surface area (Å²) in [5.74, 6) is -0.898. The smallest absolute Gasteiger partial charge is 0.347 e. The third-order valence-electron chi connectivity index (χ3n) is 3.54. The number of amides is 1. The summed E-state index contributed by atoms with van der Waals surface area (Å²) in [5, 5.41) is 12.5. The van der Waals surface area contributed by atoms with Crippen LogP contribution in [-0.2, 0) is 11.2 Å². The molecular formula is C17H20N2O3S. The number of carboxylic acid groups (broad SMARTS) is 1. The number of anilines is 1. The van der Waals surface area contributed by atoms with E-state index in [-0.39, 0.29) is 17.2 Å². The van der Waals surface area contributed by atoms with Gasteiger partial charge in [-0.2, -0.15) is 0 Å². The number of hydrogen-bond acceptors (Lipinski definition) is 4. The summed E-state index contributed by atoms with van der Waals surface area (Å²) in [7, 11) is 0. The summed E-state index contributed by atoms with van der Waals surface area (Å²) < 4.78 is 0. The van der Waals surface area contributed by atoms with Crippen LogP contribution in [-0.4, -0.2) is 22.0 Å². The SMILES string of the molecule is Cc1cccc(C(C)C)c1NC(=O)Cc1nc(C)c(C(=O)O)s1. The maximum absolute atomic E-state index is 12.3. The molecule has 0 atom stereocenters. The molecule has 0 spiro atoms. The lowest BCUT2D eigenvalue weighted by Gasteiger charge is -2.16. The normalized spacial score (nSPS) is 10.8. The number of aryl methyl sites for hydroxylation is 2. The molecule has 0 aliphatic carbocycles. The molecule has 5 nitrogen and oxygen atoms in total. The molecule has 2 aromatic rings. The summed E-state index contributed by atoms with van der Waals surface area (Å²) in [6, 6.07) is 5.94. The lowest BCUT2D eigenvalue weighted by molar-refractivity contribution is -0.115. The number of carbonyl (C=O) groups excluding carboxylic acids is 1. The first-order valence-electron chi connectivity index (χ1n) is 7.38. The zero-order valence-electron chi connectivity index (χ0n) is 13.6. The molecule has 0 saturated heterocycles. The standard InChI is InChI=1S/C17H20N2O3S/c1-9(2)12-7-5-6-10(3)15(12)19-13(20)8-14-18-11(4)16(23-14)17(21)22/h5-7,9H,8H2,1-4H3,(H,19,20)(H,21,22). The van der Waals surface area contributed by atoms with Gasteiger partial charge in [-0.25, -0.2) is 9.78 Å². The molecule has 1 aromatic carbocycles. The minimum Gasteiger partial charge on any atom is -0.477 e. The van der Waals surface area contributed by atoms with E-state index in [1.165, 1.54) is 0 Å². The molecule has 0 aliphatic rings. The van der Waals surface area contributed by atoms with Gasteiger partial charge in [-0.05, 0) is 30.9 Å². The van der Waals surface area contributed by atoms with Crippen LogP contribution >= 0.6 is 11.3 Å². The lowest BCUT2D eigenvalue weighted by Crippen LogP contribution is -2.16. The third kappa shape index (κ3) is 3.96. The minimum atomic E-state index is -1.01. The molecule has 122 valence electrons. The Labute approximate surface area is 139 Å². The van der Waals surface area contributed by atoms with Crippen molar-refractivity contribution in [2.75, 3.05) is 5.32 Å². The van der Waals surface area contributed by atoms with E-state index < -0.39 is 5.97 Å². The van der Waals surface area contributed by atoms with Gasteiger partial charge in [-0.3, -0.25) is 4.79 Å². The summed E-state index contributed by atoms with van der Waals surface area (Å²) in [6.07, 6.45) is 0.0741. The van der Waals surface area contributed by atoms with Gasteiger partial charge in [0.05, 0.1) is 12.1 Å². The van der Waals surface area contributed by atoms with Crippen molar-refractivity contribution in [3.63, 3.8) is 0 Å². The Balaban J connectivity index is 2.18. The van der Waals surface area contributed by atoms with Crippen LogP contribution in [0.1, 0.15) is 51.3 Å². The lowest BCUT2D eigenvalue weighted by atomic mass is 9.98. The number of carboxylic acids is 1. The first kappa shape index (κ1) is 17.1. The first-order valence-corrected chi connectivity index (χ1v) is 8.20. The summed E-state index contributed by atoms with van der Waals surface area (Å²) in [4.78, 5) is 27.7. The van der Waals surface area contributed by atoms with Crippen molar-refractivity contribution < 1.29 is 14.7 Å². The van der Waals surface area contributed by atoms with Crippen LogP contribution < -0.4 is 5.32 Å². The van der Waals surface area contributed by atoms with Gasteiger partial charge in [-0.15, -0.1) is 11.3 Å². The van der Waals surface area contributed by atoms with Crippen molar-refractivity contribution in [3.05, 3.63) is 44.9 Å². The Morgan fingerprint density at radius 1 is 1.30 bits per heavy atom. The Hall–Kier alpha value is -2.21. The van der Waals surface area contributed by atoms with E-state index in [1.807, 2.05) is 25.1 Å². The minimum absolute atomic E-state index is 0.0741. The molecule has 0 bridgehead atoms. The van der Waals surface area contributed by atoms with Gasteiger partial charge >= 0.3 is 5.97 Å². The van der Waals surface area contributed by atoms with E-state index in [0.717, 1.165) is 28.2 Å². The molecule has 1 heterocycles. The predicted octanol–water partition coefficient (Wildman–Crippen LogP) is 3.76. The number of nitrogens with one attached hydrogen (secondary N) is 1. The number of thiazole rings is 1. The number of hydrogen-bond donors (Lipinski definition) is 2. The molecule has 0 fully saturated rings. The molecule has 0 unspecified atom stereocenters. The number of aromatic carboxylic acids is 1. The van der Waals surface area contributed by atoms with Crippen molar-refractivity contribution in [2.45, 2.75) is 40.0 Å². The van der Waals surface area contributed by atoms with Gasteiger partial charge in [0, 0.05) is 5.69 Å². The fourth-order valence-electron chi connectivity index (χ4n) is 2.39. The summed E-state index contributed by atoms with van der Waals surface area (Å²) >= 11 is 1.05. The van der Waals surface area contributed by atoms with E-state index in [9.17, 15) is 9.59 Å². The largest absolute Gasteiger partial charge is 0.477 e. The molecule has 2 N–H and O–H groups in total. The molecule has 6 heteroatoms. The number of rotatable bonds is 5. The van der Waals surface area contributed by atoms with Gasteiger partial charge in [0.25, 0.3) is 0 Å². The number of benzene rings is 1. The average Bonchev–Trinajstić information content (AvgIpc) is 2.81. The second kappa shape index (κ2) is 6.91. The Bertz CT molecular complexity index is 750.